The van der Waals surface area contributed by atoms with Gasteiger partial charge in [-0.25, -0.2) is 4.98 Å². The highest BCUT2D eigenvalue weighted by Crippen LogP contribution is 2.23. The van der Waals surface area contributed by atoms with Gasteiger partial charge in [0, 0.05) is 17.8 Å². The van der Waals surface area contributed by atoms with E-state index >= 15 is 0 Å². The first-order valence-electron chi connectivity index (χ1n) is 6.56. The van der Waals surface area contributed by atoms with Gasteiger partial charge in [0.1, 0.15) is 6.26 Å². The summed E-state index contributed by atoms with van der Waals surface area (Å²) in [7, 11) is 0. The Kier molecular flexibility index (Phi) is 4.92. The minimum atomic E-state index is 0.509. The normalized spacial score (nSPS) is 19.4. The second-order valence-electron chi connectivity index (χ2n) is 4.93. The first-order chi connectivity index (χ1) is 8.24. The molecule has 1 fully saturated rings. The van der Waals surface area contributed by atoms with Crippen LogP contribution in [0.3, 0.4) is 0 Å². The fourth-order valence-electron chi connectivity index (χ4n) is 2.24. The zero-order chi connectivity index (χ0) is 12.1. The molecule has 1 N–H and O–H groups in total. The second-order valence-corrected chi connectivity index (χ2v) is 6.32. The molecule has 1 aliphatic rings. The maximum absolute atomic E-state index is 5.35. The van der Waals surface area contributed by atoms with E-state index in [1.54, 1.807) is 18.0 Å². The van der Waals surface area contributed by atoms with Gasteiger partial charge in [-0.3, -0.25) is 0 Å². The number of aryl methyl sites for hydroxylation is 1. The van der Waals surface area contributed by atoms with Crippen molar-refractivity contribution in [3.63, 3.8) is 0 Å². The predicted octanol–water partition coefficient (Wildman–Crippen LogP) is 3.39. The SMILES string of the molecule is Cc1coc(SC(C)CNC2CCCCC2)n1. The Balaban J connectivity index is 1.68. The van der Waals surface area contributed by atoms with Crippen LogP contribution in [0.4, 0.5) is 0 Å². The van der Waals surface area contributed by atoms with Crippen molar-refractivity contribution < 1.29 is 4.42 Å². The van der Waals surface area contributed by atoms with E-state index in [9.17, 15) is 0 Å². The Hall–Kier alpha value is -0.480. The number of nitrogens with zero attached hydrogens (tertiary/aromatic N) is 1. The van der Waals surface area contributed by atoms with Crippen LogP contribution in [-0.4, -0.2) is 22.8 Å². The third kappa shape index (κ3) is 4.36. The average Bonchev–Trinajstić information content (AvgIpc) is 2.73. The molecule has 1 atom stereocenters. The van der Waals surface area contributed by atoms with Crippen LogP contribution in [-0.2, 0) is 0 Å². The van der Waals surface area contributed by atoms with Gasteiger partial charge in [0.05, 0.1) is 5.69 Å². The molecule has 1 aromatic heterocycles. The molecule has 2 rings (SSSR count). The molecule has 1 heterocycles. The number of hydrogen-bond donors (Lipinski definition) is 1. The molecule has 0 saturated heterocycles. The molecule has 0 spiro atoms. The summed E-state index contributed by atoms with van der Waals surface area (Å²) in [6.45, 7) is 5.22. The minimum absolute atomic E-state index is 0.509. The Bertz CT molecular complexity index is 334. The van der Waals surface area contributed by atoms with E-state index in [-0.39, 0.29) is 0 Å². The van der Waals surface area contributed by atoms with E-state index in [1.165, 1.54) is 32.1 Å². The van der Waals surface area contributed by atoms with Crippen molar-refractivity contribution in [2.45, 2.75) is 62.5 Å². The summed E-state index contributed by atoms with van der Waals surface area (Å²) in [6, 6.07) is 0.734. The summed E-state index contributed by atoms with van der Waals surface area (Å²) in [5, 5.41) is 4.96. The molecule has 0 amide bonds. The first-order valence-corrected chi connectivity index (χ1v) is 7.44. The Morgan fingerprint density at radius 3 is 2.88 bits per heavy atom. The summed E-state index contributed by atoms with van der Waals surface area (Å²) in [4.78, 5) is 4.31. The maximum atomic E-state index is 5.35. The smallest absolute Gasteiger partial charge is 0.256 e. The van der Waals surface area contributed by atoms with Crippen molar-refractivity contribution in [3.05, 3.63) is 12.0 Å². The van der Waals surface area contributed by atoms with E-state index < -0.39 is 0 Å². The standard InChI is InChI=1S/C13H22N2OS/c1-10-9-16-13(15-10)17-11(2)8-14-12-6-4-3-5-7-12/h9,11-12,14H,3-8H2,1-2H3. The van der Waals surface area contributed by atoms with E-state index in [2.05, 4.69) is 17.2 Å². The second kappa shape index (κ2) is 6.45. The molecule has 1 saturated carbocycles. The zero-order valence-electron chi connectivity index (χ0n) is 10.7. The molecule has 0 aliphatic heterocycles. The van der Waals surface area contributed by atoms with Crippen LogP contribution in [0.2, 0.25) is 0 Å². The molecule has 1 aliphatic carbocycles. The fourth-order valence-corrected chi connectivity index (χ4v) is 3.06. The van der Waals surface area contributed by atoms with Crippen LogP contribution < -0.4 is 5.32 Å². The van der Waals surface area contributed by atoms with Gasteiger partial charge in [0.2, 0.25) is 0 Å². The maximum Gasteiger partial charge on any atom is 0.256 e. The topological polar surface area (TPSA) is 38.1 Å². The zero-order valence-corrected chi connectivity index (χ0v) is 11.6. The number of hydrogen-bond acceptors (Lipinski definition) is 4. The van der Waals surface area contributed by atoms with Crippen molar-refractivity contribution in [2.24, 2.45) is 0 Å². The largest absolute Gasteiger partial charge is 0.440 e. The number of aromatic nitrogens is 1. The lowest BCUT2D eigenvalue weighted by Crippen LogP contribution is -2.35. The van der Waals surface area contributed by atoms with Gasteiger partial charge in [0.25, 0.3) is 5.22 Å². The fraction of sp³-hybridized carbons (Fsp3) is 0.769. The van der Waals surface area contributed by atoms with Crippen molar-refractivity contribution in [1.29, 1.82) is 0 Å². The van der Waals surface area contributed by atoms with Gasteiger partial charge in [-0.05, 0) is 19.8 Å². The summed E-state index contributed by atoms with van der Waals surface area (Å²) in [6.07, 6.45) is 8.59. The molecule has 96 valence electrons. The highest BCUT2D eigenvalue weighted by molar-refractivity contribution is 7.99. The summed E-state index contributed by atoms with van der Waals surface area (Å²) in [5.41, 5.74) is 0.958. The van der Waals surface area contributed by atoms with Gasteiger partial charge in [-0.1, -0.05) is 37.9 Å². The lowest BCUT2D eigenvalue weighted by molar-refractivity contribution is 0.375. The molecule has 17 heavy (non-hydrogen) atoms. The van der Waals surface area contributed by atoms with E-state index in [1.807, 2.05) is 6.92 Å². The highest BCUT2D eigenvalue weighted by Gasteiger charge is 2.15. The monoisotopic (exact) mass is 254 g/mol. The minimum Gasteiger partial charge on any atom is -0.440 e. The van der Waals surface area contributed by atoms with Gasteiger partial charge >= 0.3 is 0 Å². The van der Waals surface area contributed by atoms with Crippen LogP contribution >= 0.6 is 11.8 Å². The number of oxazole rings is 1. The van der Waals surface area contributed by atoms with Crippen molar-refractivity contribution in [2.75, 3.05) is 6.54 Å². The molecule has 3 nitrogen and oxygen atoms in total. The van der Waals surface area contributed by atoms with Crippen molar-refractivity contribution >= 4 is 11.8 Å². The lowest BCUT2D eigenvalue weighted by atomic mass is 9.95. The molecular weight excluding hydrogens is 232 g/mol. The van der Waals surface area contributed by atoms with Crippen LogP contribution in [0.15, 0.2) is 15.9 Å². The number of nitrogens with one attached hydrogen (secondary N) is 1. The molecule has 1 aromatic rings. The van der Waals surface area contributed by atoms with Crippen LogP contribution in [0.5, 0.6) is 0 Å². The molecule has 0 bridgehead atoms. The van der Waals surface area contributed by atoms with Crippen LogP contribution in [0.1, 0.15) is 44.7 Å². The van der Waals surface area contributed by atoms with Crippen molar-refractivity contribution in [1.82, 2.24) is 10.3 Å². The molecule has 4 heteroatoms. The summed E-state index contributed by atoms with van der Waals surface area (Å²) in [5.74, 6) is 0. The Morgan fingerprint density at radius 1 is 1.47 bits per heavy atom. The van der Waals surface area contributed by atoms with E-state index in [4.69, 9.17) is 4.42 Å². The lowest BCUT2D eigenvalue weighted by Gasteiger charge is -2.24. The van der Waals surface area contributed by atoms with E-state index in [0.717, 1.165) is 23.5 Å². The Morgan fingerprint density at radius 2 is 2.24 bits per heavy atom. The number of rotatable bonds is 5. The average molecular weight is 254 g/mol. The van der Waals surface area contributed by atoms with Gasteiger partial charge in [-0.2, -0.15) is 0 Å². The van der Waals surface area contributed by atoms with Crippen LogP contribution in [0.25, 0.3) is 0 Å². The summed E-state index contributed by atoms with van der Waals surface area (Å²) < 4.78 is 5.35. The van der Waals surface area contributed by atoms with E-state index in [0.29, 0.717) is 5.25 Å². The molecule has 0 aromatic carbocycles. The quantitative estimate of drug-likeness (QED) is 0.817. The van der Waals surface area contributed by atoms with Gasteiger partial charge in [-0.15, -0.1) is 0 Å². The van der Waals surface area contributed by atoms with Gasteiger partial charge < -0.3 is 9.73 Å². The predicted molar refractivity (Wildman–Crippen MR) is 71.4 cm³/mol. The van der Waals surface area contributed by atoms with Crippen LogP contribution in [0, 0.1) is 6.92 Å². The molecule has 0 radical (unpaired) electrons. The molecular formula is C13H22N2OS. The highest BCUT2D eigenvalue weighted by atomic mass is 32.2. The molecule has 1 unspecified atom stereocenters. The number of thioether (sulfide) groups is 1. The Labute approximate surface area is 108 Å². The third-order valence-electron chi connectivity index (χ3n) is 3.20. The first kappa shape index (κ1) is 13.0. The third-order valence-corrected chi connectivity index (χ3v) is 4.16. The van der Waals surface area contributed by atoms with Gasteiger partial charge in [0.15, 0.2) is 0 Å². The summed E-state index contributed by atoms with van der Waals surface area (Å²) >= 11 is 1.71. The van der Waals surface area contributed by atoms with Crippen molar-refractivity contribution in [3.8, 4) is 0 Å².